The van der Waals surface area contributed by atoms with E-state index in [1.54, 1.807) is 49.6 Å². The van der Waals surface area contributed by atoms with Crippen LogP contribution in [0.1, 0.15) is 40.0 Å². The van der Waals surface area contributed by atoms with Gasteiger partial charge in [0.05, 0.1) is 10.9 Å². The Kier molecular flexibility index (Phi) is 6.48. The van der Waals surface area contributed by atoms with Crippen LogP contribution in [0.15, 0.2) is 47.3 Å². The Morgan fingerprint density at radius 2 is 1.84 bits per heavy atom. The molecule has 0 radical (unpaired) electrons. The molecule has 4 rings (SSSR count). The third-order valence-electron chi connectivity index (χ3n) is 5.29. The lowest BCUT2D eigenvalue weighted by molar-refractivity contribution is 0.0950. The monoisotopic (exact) mass is 452 g/mol. The Bertz CT molecular complexity index is 1280. The van der Waals surface area contributed by atoms with Crippen molar-refractivity contribution in [3.05, 3.63) is 68.7 Å². The highest BCUT2D eigenvalue weighted by atomic mass is 32.1. The molecule has 2 amide bonds. The van der Waals surface area contributed by atoms with Crippen LogP contribution >= 0.6 is 12.2 Å². The van der Waals surface area contributed by atoms with Gasteiger partial charge in [-0.05, 0) is 73.9 Å². The number of hydrogen-bond donors (Lipinski definition) is 3. The van der Waals surface area contributed by atoms with E-state index in [1.807, 2.05) is 0 Å². The summed E-state index contributed by atoms with van der Waals surface area (Å²) in [7, 11) is 1.61. The molecule has 3 aromatic rings. The molecule has 2 aromatic carbocycles. The van der Waals surface area contributed by atoms with Crippen LogP contribution in [-0.4, -0.2) is 41.1 Å². The van der Waals surface area contributed by atoms with E-state index in [9.17, 15) is 14.4 Å². The number of rotatable bonds is 8. The molecule has 9 heteroatoms. The number of anilines is 1. The first-order chi connectivity index (χ1) is 15.5. The number of methoxy groups -OCH3 is 1. The average Bonchev–Trinajstić information content (AvgIpc) is 3.60. The average molecular weight is 453 g/mol. The van der Waals surface area contributed by atoms with Gasteiger partial charge in [-0.25, -0.2) is 0 Å². The zero-order chi connectivity index (χ0) is 22.7. The summed E-state index contributed by atoms with van der Waals surface area (Å²) in [4.78, 5) is 40.6. The summed E-state index contributed by atoms with van der Waals surface area (Å²) in [6, 6.07) is 11.9. The van der Waals surface area contributed by atoms with E-state index in [-0.39, 0.29) is 23.4 Å². The molecule has 0 aliphatic heterocycles. The summed E-state index contributed by atoms with van der Waals surface area (Å²) in [5, 5.41) is 6.19. The van der Waals surface area contributed by atoms with E-state index in [4.69, 9.17) is 17.0 Å². The molecule has 0 atom stereocenters. The van der Waals surface area contributed by atoms with Crippen LogP contribution in [0, 0.1) is 4.77 Å². The molecule has 32 heavy (non-hydrogen) atoms. The van der Waals surface area contributed by atoms with Crippen molar-refractivity contribution in [2.75, 3.05) is 19.0 Å². The molecule has 0 bridgehead atoms. The first-order valence-corrected chi connectivity index (χ1v) is 10.8. The fraction of sp³-hybridized carbons (Fsp3) is 0.304. The van der Waals surface area contributed by atoms with Crippen LogP contribution in [0.5, 0.6) is 0 Å². The van der Waals surface area contributed by atoms with E-state index < -0.39 is 0 Å². The molecule has 0 saturated heterocycles. The first-order valence-electron chi connectivity index (χ1n) is 10.4. The quantitative estimate of drug-likeness (QED) is 0.359. The number of amides is 2. The minimum atomic E-state index is -0.328. The van der Waals surface area contributed by atoms with Crippen molar-refractivity contribution in [1.29, 1.82) is 0 Å². The SMILES string of the molecule is COCCCn1c(=S)[nH]c2cc(C(=O)Nc3ccc(C(=O)NC4CC4)cc3)ccc2c1=O. The molecule has 1 aliphatic rings. The van der Waals surface area contributed by atoms with Gasteiger partial charge in [-0.3, -0.25) is 19.0 Å². The van der Waals surface area contributed by atoms with Crippen LogP contribution in [0.3, 0.4) is 0 Å². The maximum Gasteiger partial charge on any atom is 0.262 e. The third kappa shape index (κ3) is 4.95. The summed E-state index contributed by atoms with van der Waals surface area (Å²) in [5.74, 6) is -0.436. The normalized spacial score (nSPS) is 13.2. The van der Waals surface area contributed by atoms with E-state index in [1.165, 1.54) is 4.57 Å². The number of fused-ring (bicyclic) bond motifs is 1. The molecule has 8 nitrogen and oxygen atoms in total. The predicted molar refractivity (Wildman–Crippen MR) is 125 cm³/mol. The van der Waals surface area contributed by atoms with E-state index in [0.717, 1.165) is 12.8 Å². The van der Waals surface area contributed by atoms with Gasteiger partial charge in [0, 0.05) is 43.1 Å². The predicted octanol–water partition coefficient (Wildman–Crippen LogP) is 3.24. The molecule has 166 valence electrons. The number of benzene rings is 2. The zero-order valence-electron chi connectivity index (χ0n) is 17.6. The van der Waals surface area contributed by atoms with Crippen molar-refractivity contribution in [2.45, 2.75) is 31.8 Å². The number of H-pyrrole nitrogens is 1. The Labute approximate surface area is 189 Å². The third-order valence-corrected chi connectivity index (χ3v) is 5.61. The number of hydrogen-bond acceptors (Lipinski definition) is 5. The standard InChI is InChI=1S/C23H24N4O4S/c1-31-12-2-11-27-22(30)18-10-5-15(13-19(18)26-23(27)32)21(29)25-16-6-3-14(4-7-16)20(28)24-17-8-9-17/h3-7,10,13,17H,2,8-9,11-12H2,1H3,(H,24,28)(H,25,29)(H,26,32). The molecule has 1 heterocycles. The summed E-state index contributed by atoms with van der Waals surface area (Å²) < 4.78 is 6.83. The highest BCUT2D eigenvalue weighted by Crippen LogP contribution is 2.20. The second kappa shape index (κ2) is 9.46. The molecule has 3 N–H and O–H groups in total. The van der Waals surface area contributed by atoms with Crippen molar-refractivity contribution >= 4 is 40.6 Å². The molecule has 1 aromatic heterocycles. The zero-order valence-corrected chi connectivity index (χ0v) is 18.5. The summed E-state index contributed by atoms with van der Waals surface area (Å²) in [6.45, 7) is 0.986. The summed E-state index contributed by atoms with van der Waals surface area (Å²) >= 11 is 5.33. The van der Waals surface area contributed by atoms with Gasteiger partial charge in [-0.1, -0.05) is 0 Å². The Hall–Kier alpha value is -3.30. The van der Waals surface area contributed by atoms with E-state index >= 15 is 0 Å². The van der Waals surface area contributed by atoms with Gasteiger partial charge in [0.1, 0.15) is 0 Å². The number of carbonyl (C=O) groups is 2. The van der Waals surface area contributed by atoms with Crippen molar-refractivity contribution in [2.24, 2.45) is 0 Å². The minimum Gasteiger partial charge on any atom is -0.385 e. The molecule has 1 fully saturated rings. The fourth-order valence-electron chi connectivity index (χ4n) is 3.37. The second-order valence-electron chi connectivity index (χ2n) is 7.77. The molecule has 1 saturated carbocycles. The van der Waals surface area contributed by atoms with Crippen LogP contribution in [0.25, 0.3) is 10.9 Å². The first kappa shape index (κ1) is 21.9. The lowest BCUT2D eigenvalue weighted by Gasteiger charge is -2.10. The van der Waals surface area contributed by atoms with Crippen molar-refractivity contribution < 1.29 is 14.3 Å². The smallest absolute Gasteiger partial charge is 0.262 e. The summed E-state index contributed by atoms with van der Waals surface area (Å²) in [6.07, 6.45) is 2.72. The minimum absolute atomic E-state index is 0.108. The van der Waals surface area contributed by atoms with Gasteiger partial charge in [0.25, 0.3) is 17.4 Å². The molecule has 0 unspecified atom stereocenters. The van der Waals surface area contributed by atoms with Crippen LogP contribution < -0.4 is 16.2 Å². The highest BCUT2D eigenvalue weighted by molar-refractivity contribution is 7.71. The van der Waals surface area contributed by atoms with Crippen LogP contribution in [0.2, 0.25) is 0 Å². The summed E-state index contributed by atoms with van der Waals surface area (Å²) in [5.41, 5.74) is 1.80. The Morgan fingerprint density at radius 1 is 1.12 bits per heavy atom. The van der Waals surface area contributed by atoms with Crippen LogP contribution in [-0.2, 0) is 11.3 Å². The van der Waals surface area contributed by atoms with Gasteiger partial charge >= 0.3 is 0 Å². The molecule has 0 spiro atoms. The highest BCUT2D eigenvalue weighted by Gasteiger charge is 2.23. The number of ether oxygens (including phenoxy) is 1. The fourth-order valence-corrected chi connectivity index (χ4v) is 3.65. The van der Waals surface area contributed by atoms with Crippen LogP contribution in [0.4, 0.5) is 5.69 Å². The second-order valence-corrected chi connectivity index (χ2v) is 8.16. The number of nitrogens with zero attached hydrogens (tertiary/aromatic N) is 1. The lowest BCUT2D eigenvalue weighted by Crippen LogP contribution is -2.25. The van der Waals surface area contributed by atoms with Gasteiger partial charge in [0.2, 0.25) is 0 Å². The van der Waals surface area contributed by atoms with Gasteiger partial charge in [-0.2, -0.15) is 0 Å². The Morgan fingerprint density at radius 3 is 2.53 bits per heavy atom. The van der Waals surface area contributed by atoms with Crippen molar-refractivity contribution in [1.82, 2.24) is 14.9 Å². The topological polar surface area (TPSA) is 105 Å². The number of aromatic nitrogens is 2. The lowest BCUT2D eigenvalue weighted by atomic mass is 10.1. The number of carbonyl (C=O) groups excluding carboxylic acids is 2. The maximum atomic E-state index is 12.8. The number of aromatic amines is 1. The van der Waals surface area contributed by atoms with Gasteiger partial charge in [-0.15, -0.1) is 0 Å². The largest absolute Gasteiger partial charge is 0.385 e. The Balaban J connectivity index is 1.49. The molecular formula is C23H24N4O4S. The van der Waals surface area contributed by atoms with Crippen molar-refractivity contribution in [3.63, 3.8) is 0 Å². The molecule has 1 aliphatic carbocycles. The molecular weight excluding hydrogens is 428 g/mol. The van der Waals surface area contributed by atoms with E-state index in [2.05, 4.69) is 15.6 Å². The van der Waals surface area contributed by atoms with Crippen molar-refractivity contribution in [3.8, 4) is 0 Å². The van der Waals surface area contributed by atoms with E-state index in [0.29, 0.717) is 52.1 Å². The van der Waals surface area contributed by atoms with Gasteiger partial charge in [0.15, 0.2) is 4.77 Å². The maximum absolute atomic E-state index is 12.8. The van der Waals surface area contributed by atoms with Gasteiger partial charge < -0.3 is 20.4 Å². The number of nitrogens with one attached hydrogen (secondary N) is 3.